The standard InChI is InChI=1S/C20H19Cl2N3OS/c1-13-20(22)14(2)25(24-13)12-11-19(26)23-17-5-3-4-6-18(17)27-16-9-7-15(21)8-10-16/h3-10H,11-12H2,1-2H3,(H,23,26). The fourth-order valence-corrected chi connectivity index (χ4v) is 3.76. The van der Waals surface area contributed by atoms with Crippen molar-refractivity contribution in [1.29, 1.82) is 0 Å². The van der Waals surface area contributed by atoms with Gasteiger partial charge < -0.3 is 5.32 Å². The Kier molecular flexibility index (Phi) is 6.47. The van der Waals surface area contributed by atoms with Crippen LogP contribution >= 0.6 is 35.0 Å². The van der Waals surface area contributed by atoms with Crippen LogP contribution in [0.2, 0.25) is 10.0 Å². The number of nitrogens with zero attached hydrogens (tertiary/aromatic N) is 2. The fourth-order valence-electron chi connectivity index (χ4n) is 2.60. The van der Waals surface area contributed by atoms with Crippen LogP contribution in [0.5, 0.6) is 0 Å². The highest BCUT2D eigenvalue weighted by Crippen LogP contribution is 2.34. The molecule has 0 atom stereocenters. The summed E-state index contributed by atoms with van der Waals surface area (Å²) >= 11 is 13.7. The zero-order chi connectivity index (χ0) is 19.4. The summed E-state index contributed by atoms with van der Waals surface area (Å²) in [7, 11) is 0. The van der Waals surface area contributed by atoms with Gasteiger partial charge in [0.25, 0.3) is 0 Å². The van der Waals surface area contributed by atoms with Gasteiger partial charge in [0.15, 0.2) is 0 Å². The number of carbonyl (C=O) groups excluding carboxylic acids is 1. The molecule has 0 bridgehead atoms. The molecule has 27 heavy (non-hydrogen) atoms. The highest BCUT2D eigenvalue weighted by Gasteiger charge is 2.12. The van der Waals surface area contributed by atoms with Gasteiger partial charge in [0.1, 0.15) is 0 Å². The third-order valence-electron chi connectivity index (χ3n) is 4.05. The average Bonchev–Trinajstić information content (AvgIpc) is 2.90. The first-order valence-corrected chi connectivity index (χ1v) is 10.0. The fraction of sp³-hybridized carbons (Fsp3) is 0.200. The van der Waals surface area contributed by atoms with Crippen molar-refractivity contribution in [2.45, 2.75) is 36.6 Å². The zero-order valence-electron chi connectivity index (χ0n) is 15.0. The van der Waals surface area contributed by atoms with Gasteiger partial charge in [-0.25, -0.2) is 0 Å². The second-order valence-electron chi connectivity index (χ2n) is 6.06. The lowest BCUT2D eigenvalue weighted by atomic mass is 10.3. The van der Waals surface area contributed by atoms with Gasteiger partial charge in [0.2, 0.25) is 5.91 Å². The zero-order valence-corrected chi connectivity index (χ0v) is 17.3. The van der Waals surface area contributed by atoms with E-state index in [9.17, 15) is 4.79 Å². The number of aryl methyl sites for hydroxylation is 2. The molecule has 1 heterocycles. The number of rotatable bonds is 6. The summed E-state index contributed by atoms with van der Waals surface area (Å²) in [6.45, 7) is 4.24. The van der Waals surface area contributed by atoms with Gasteiger partial charge in [-0.05, 0) is 50.2 Å². The van der Waals surface area contributed by atoms with Gasteiger partial charge >= 0.3 is 0 Å². The van der Waals surface area contributed by atoms with Crippen LogP contribution in [-0.4, -0.2) is 15.7 Å². The monoisotopic (exact) mass is 419 g/mol. The summed E-state index contributed by atoms with van der Waals surface area (Å²) in [5.74, 6) is -0.0668. The summed E-state index contributed by atoms with van der Waals surface area (Å²) in [5.41, 5.74) is 2.44. The third-order valence-corrected chi connectivity index (χ3v) is 5.93. The number of anilines is 1. The highest BCUT2D eigenvalue weighted by molar-refractivity contribution is 7.99. The number of hydrogen-bond acceptors (Lipinski definition) is 3. The smallest absolute Gasteiger partial charge is 0.226 e. The van der Waals surface area contributed by atoms with E-state index in [1.165, 1.54) is 0 Å². The van der Waals surface area contributed by atoms with E-state index in [2.05, 4.69) is 10.4 Å². The third kappa shape index (κ3) is 5.06. The van der Waals surface area contributed by atoms with Crippen molar-refractivity contribution in [1.82, 2.24) is 9.78 Å². The second kappa shape index (κ2) is 8.83. The molecule has 2 aromatic carbocycles. The summed E-state index contributed by atoms with van der Waals surface area (Å²) < 4.78 is 1.77. The quantitative estimate of drug-likeness (QED) is 0.533. The molecule has 3 aromatic rings. The molecule has 0 spiro atoms. The van der Waals surface area contributed by atoms with E-state index in [1.54, 1.807) is 16.4 Å². The molecular formula is C20H19Cl2N3OS. The van der Waals surface area contributed by atoms with E-state index in [0.717, 1.165) is 26.9 Å². The molecule has 0 unspecified atom stereocenters. The first kappa shape index (κ1) is 19.8. The van der Waals surface area contributed by atoms with E-state index in [4.69, 9.17) is 23.2 Å². The SMILES string of the molecule is Cc1nn(CCC(=O)Nc2ccccc2Sc2ccc(Cl)cc2)c(C)c1Cl. The number of carbonyl (C=O) groups is 1. The van der Waals surface area contributed by atoms with Crippen LogP contribution in [0.15, 0.2) is 58.3 Å². The van der Waals surface area contributed by atoms with E-state index in [-0.39, 0.29) is 5.91 Å². The summed E-state index contributed by atoms with van der Waals surface area (Å²) in [5, 5.41) is 8.70. The lowest BCUT2D eigenvalue weighted by molar-refractivity contribution is -0.116. The predicted molar refractivity (Wildman–Crippen MR) is 112 cm³/mol. The highest BCUT2D eigenvalue weighted by atomic mass is 35.5. The molecule has 4 nitrogen and oxygen atoms in total. The molecule has 7 heteroatoms. The Morgan fingerprint density at radius 2 is 1.81 bits per heavy atom. The molecule has 0 aliphatic rings. The molecular weight excluding hydrogens is 401 g/mol. The van der Waals surface area contributed by atoms with Gasteiger partial charge in [-0.1, -0.05) is 47.1 Å². The Morgan fingerprint density at radius 1 is 1.11 bits per heavy atom. The first-order valence-electron chi connectivity index (χ1n) is 8.46. The van der Waals surface area contributed by atoms with Crippen LogP contribution in [0.1, 0.15) is 17.8 Å². The molecule has 0 fully saturated rings. The molecule has 1 amide bonds. The van der Waals surface area contributed by atoms with Gasteiger partial charge in [-0.15, -0.1) is 0 Å². The van der Waals surface area contributed by atoms with Crippen molar-refractivity contribution in [3.05, 3.63) is 70.0 Å². The van der Waals surface area contributed by atoms with Crippen LogP contribution in [0.3, 0.4) is 0 Å². The molecule has 0 aliphatic heterocycles. The number of halogens is 2. The van der Waals surface area contributed by atoms with Crippen LogP contribution in [0, 0.1) is 13.8 Å². The summed E-state index contributed by atoms with van der Waals surface area (Å²) in [6.07, 6.45) is 0.318. The maximum absolute atomic E-state index is 12.4. The molecule has 0 aliphatic carbocycles. The van der Waals surface area contributed by atoms with Crippen molar-refractivity contribution in [2.24, 2.45) is 0 Å². The largest absolute Gasteiger partial charge is 0.325 e. The normalized spacial score (nSPS) is 10.8. The Labute approximate surface area is 172 Å². The number of para-hydroxylation sites is 1. The van der Waals surface area contributed by atoms with Gasteiger partial charge in [-0.2, -0.15) is 5.10 Å². The maximum Gasteiger partial charge on any atom is 0.226 e. The Morgan fingerprint density at radius 3 is 2.48 bits per heavy atom. The number of benzene rings is 2. The van der Waals surface area contributed by atoms with E-state index in [1.807, 2.05) is 62.4 Å². The summed E-state index contributed by atoms with van der Waals surface area (Å²) in [6, 6.07) is 15.4. The van der Waals surface area contributed by atoms with Crippen molar-refractivity contribution in [2.75, 3.05) is 5.32 Å². The van der Waals surface area contributed by atoms with E-state index in [0.29, 0.717) is 23.0 Å². The van der Waals surface area contributed by atoms with Crippen molar-refractivity contribution in [3.63, 3.8) is 0 Å². The van der Waals surface area contributed by atoms with Crippen molar-refractivity contribution < 1.29 is 4.79 Å². The topological polar surface area (TPSA) is 46.9 Å². The number of amides is 1. The molecule has 0 saturated carbocycles. The van der Waals surface area contributed by atoms with Crippen LogP contribution in [0.25, 0.3) is 0 Å². The molecule has 140 valence electrons. The van der Waals surface area contributed by atoms with Gasteiger partial charge in [0.05, 0.1) is 28.6 Å². The maximum atomic E-state index is 12.4. The van der Waals surface area contributed by atoms with Gasteiger partial charge in [0, 0.05) is 21.2 Å². The molecule has 1 N–H and O–H groups in total. The number of hydrogen-bond donors (Lipinski definition) is 1. The molecule has 3 rings (SSSR count). The van der Waals surface area contributed by atoms with Crippen LogP contribution < -0.4 is 5.32 Å². The molecule has 1 aromatic heterocycles. The van der Waals surface area contributed by atoms with Crippen molar-refractivity contribution >= 4 is 46.6 Å². The molecule has 0 radical (unpaired) electrons. The van der Waals surface area contributed by atoms with Gasteiger partial charge in [-0.3, -0.25) is 9.48 Å². The Bertz CT molecular complexity index is 954. The lowest BCUT2D eigenvalue weighted by Gasteiger charge is -2.11. The van der Waals surface area contributed by atoms with Crippen molar-refractivity contribution in [3.8, 4) is 0 Å². The lowest BCUT2D eigenvalue weighted by Crippen LogP contribution is -2.16. The van der Waals surface area contributed by atoms with E-state index < -0.39 is 0 Å². The minimum absolute atomic E-state index is 0.0668. The minimum Gasteiger partial charge on any atom is -0.325 e. The predicted octanol–water partition coefficient (Wildman–Crippen LogP) is 5.99. The number of aromatic nitrogens is 2. The average molecular weight is 420 g/mol. The number of nitrogens with one attached hydrogen (secondary N) is 1. The van der Waals surface area contributed by atoms with E-state index >= 15 is 0 Å². The summed E-state index contributed by atoms with van der Waals surface area (Å²) in [4.78, 5) is 14.5. The van der Waals surface area contributed by atoms with Crippen LogP contribution in [-0.2, 0) is 11.3 Å². The molecule has 0 saturated heterocycles. The Balaban J connectivity index is 1.65. The first-order chi connectivity index (χ1) is 12.9. The Hall–Kier alpha value is -1.95. The van der Waals surface area contributed by atoms with Crippen LogP contribution in [0.4, 0.5) is 5.69 Å². The minimum atomic E-state index is -0.0668. The second-order valence-corrected chi connectivity index (χ2v) is 7.99.